The first kappa shape index (κ1) is 36.7. The molecule has 1 spiro atoms. The first-order chi connectivity index (χ1) is 24.0. The van der Waals surface area contributed by atoms with Gasteiger partial charge in [0.05, 0.1) is 45.1 Å². The maximum absolute atomic E-state index is 14.4. The lowest BCUT2D eigenvalue weighted by Gasteiger charge is -2.42. The highest BCUT2D eigenvalue weighted by Gasteiger charge is 2.42. The van der Waals surface area contributed by atoms with Gasteiger partial charge < -0.3 is 14.4 Å². The molecular weight excluding hydrogens is 690 g/mol. The second-order valence-corrected chi connectivity index (χ2v) is 18.2. The third kappa shape index (κ3) is 8.19. The molecular formula is C39H48ClN3O5S2. The van der Waals surface area contributed by atoms with Crippen LogP contribution < -0.4 is 9.64 Å². The Bertz CT molecular complexity index is 1880. The Kier molecular flexibility index (Phi) is 11.5. The first-order valence-corrected chi connectivity index (χ1v) is 20.8. The molecule has 0 radical (unpaired) electrons. The molecule has 50 heavy (non-hydrogen) atoms. The van der Waals surface area contributed by atoms with E-state index in [9.17, 15) is 13.8 Å². The zero-order chi connectivity index (χ0) is 35.5. The third-order valence-electron chi connectivity index (χ3n) is 10.8. The number of ketones is 1. The number of benzene rings is 2. The fraction of sp³-hybridized carbons (Fsp3) is 0.513. The van der Waals surface area contributed by atoms with Gasteiger partial charge in [-0.2, -0.15) is 4.36 Å². The van der Waals surface area contributed by atoms with Crippen LogP contribution in [0.25, 0.3) is 0 Å². The van der Waals surface area contributed by atoms with Crippen molar-refractivity contribution in [2.75, 3.05) is 43.2 Å². The molecule has 8 nitrogen and oxygen atoms in total. The molecule has 3 heterocycles. The number of aryl methyl sites for hydroxylation is 3. The second-order valence-electron chi connectivity index (χ2n) is 14.3. The minimum Gasteiger partial charge on any atom is -0.490 e. The number of hydrogen-bond acceptors (Lipinski definition) is 8. The van der Waals surface area contributed by atoms with Crippen molar-refractivity contribution in [3.05, 3.63) is 86.3 Å². The summed E-state index contributed by atoms with van der Waals surface area (Å²) in [6, 6.07) is 11.6. The molecule has 0 N–H and O–H groups in total. The average molecular weight is 738 g/mol. The van der Waals surface area contributed by atoms with E-state index in [1.807, 2.05) is 25.1 Å². The summed E-state index contributed by atoms with van der Waals surface area (Å²) in [5.74, 6) is 0.279. The summed E-state index contributed by atoms with van der Waals surface area (Å²) in [5.41, 5.74) is 6.08. The van der Waals surface area contributed by atoms with Gasteiger partial charge in [-0.25, -0.2) is 9.19 Å². The molecule has 3 aromatic rings. The highest BCUT2D eigenvalue weighted by Crippen LogP contribution is 2.45. The summed E-state index contributed by atoms with van der Waals surface area (Å²) >= 11 is 7.99. The van der Waals surface area contributed by atoms with Crippen molar-refractivity contribution in [3.8, 4) is 5.75 Å². The van der Waals surface area contributed by atoms with Gasteiger partial charge in [-0.3, -0.25) is 9.59 Å². The zero-order valence-electron chi connectivity index (χ0n) is 29.5. The van der Waals surface area contributed by atoms with Gasteiger partial charge in [0.2, 0.25) is 0 Å². The molecule has 1 aromatic heterocycles. The number of methoxy groups -OCH3 is 1. The number of anilines is 1. The van der Waals surface area contributed by atoms with Crippen LogP contribution in [-0.2, 0) is 37.5 Å². The predicted molar refractivity (Wildman–Crippen MR) is 203 cm³/mol. The van der Waals surface area contributed by atoms with Gasteiger partial charge in [0, 0.05) is 53.3 Å². The van der Waals surface area contributed by atoms with Gasteiger partial charge in [-0.15, -0.1) is 11.3 Å². The summed E-state index contributed by atoms with van der Waals surface area (Å²) in [4.78, 5) is 34.9. The second kappa shape index (κ2) is 15.7. The molecule has 11 heteroatoms. The van der Waals surface area contributed by atoms with Crippen LogP contribution >= 0.6 is 22.9 Å². The first-order valence-electron chi connectivity index (χ1n) is 17.7. The highest BCUT2D eigenvalue weighted by molar-refractivity contribution is 7.94. The molecule has 2 aliphatic heterocycles. The number of nitrogens with zero attached hydrogens (tertiary/aromatic N) is 3. The number of thiazole rings is 1. The van der Waals surface area contributed by atoms with Gasteiger partial charge in [0.15, 0.2) is 0 Å². The van der Waals surface area contributed by atoms with Crippen molar-refractivity contribution in [2.45, 2.75) is 77.2 Å². The maximum Gasteiger partial charge on any atom is 0.285 e. The largest absolute Gasteiger partial charge is 0.490 e. The molecule has 0 fully saturated rings. The Balaban J connectivity index is 1.37. The van der Waals surface area contributed by atoms with E-state index in [-0.39, 0.29) is 47.1 Å². The number of fused-ring (bicyclic) bond motifs is 3. The van der Waals surface area contributed by atoms with Crippen molar-refractivity contribution >= 4 is 50.0 Å². The molecule has 6 rings (SSSR count). The Labute approximate surface area is 305 Å². The number of carbonyl (C=O) groups excluding carboxylic acids is 2. The molecule has 3 aliphatic rings. The van der Waals surface area contributed by atoms with E-state index >= 15 is 0 Å². The predicted octanol–water partition coefficient (Wildman–Crippen LogP) is 8.03. The van der Waals surface area contributed by atoms with Gasteiger partial charge in [-0.05, 0) is 98.7 Å². The van der Waals surface area contributed by atoms with Crippen LogP contribution in [0.15, 0.2) is 58.4 Å². The number of aromatic nitrogens is 1. The minimum absolute atomic E-state index is 0.107. The van der Waals surface area contributed by atoms with E-state index in [4.69, 9.17) is 21.1 Å². The molecule has 1 amide bonds. The fourth-order valence-corrected chi connectivity index (χ4v) is 10.5. The number of hydrogen-bond donors (Lipinski definition) is 0. The van der Waals surface area contributed by atoms with E-state index < -0.39 is 15.6 Å². The summed E-state index contributed by atoms with van der Waals surface area (Å²) in [7, 11) is -1.43. The molecule has 1 aliphatic carbocycles. The number of rotatable bonds is 6. The lowest BCUT2D eigenvalue weighted by molar-refractivity contribution is -0.116. The summed E-state index contributed by atoms with van der Waals surface area (Å²) < 4.78 is 31.3. The standard InChI is InChI=1S/C39H48ClN3O5S2/c1-26-21-43-23-39(17-8-9-29-19-31(40)12-14-33(29)39)24-48-37-16-11-30(20-35(37)43)38(45)42-50(46,18-7-5-6-10-36(47-4)27(26)2)22-32(44)13-15-34-28(3)49-25-41-34/h6,10-12,14,16,19-20,25-27,36H,5,7-9,13,15,17-18,21-24H2,1-4H3/b10-6+/t26-,27+,36-,39-,50+/m0/s1. The quantitative estimate of drug-likeness (QED) is 0.236. The van der Waals surface area contributed by atoms with E-state index in [2.05, 4.69) is 52.4 Å². The van der Waals surface area contributed by atoms with Crippen LogP contribution in [0.1, 0.15) is 78.0 Å². The summed E-state index contributed by atoms with van der Waals surface area (Å²) in [6.45, 7) is 8.39. The molecule has 0 saturated carbocycles. The zero-order valence-corrected chi connectivity index (χ0v) is 31.9. The van der Waals surface area contributed by atoms with Gasteiger partial charge in [0.1, 0.15) is 11.5 Å². The molecule has 5 atom stereocenters. The van der Waals surface area contributed by atoms with Crippen molar-refractivity contribution in [3.63, 3.8) is 0 Å². The van der Waals surface area contributed by atoms with E-state index in [0.717, 1.165) is 40.5 Å². The number of carbonyl (C=O) groups is 2. The fourth-order valence-electron chi connectivity index (χ4n) is 7.71. The lowest BCUT2D eigenvalue weighted by atomic mass is 9.70. The topological polar surface area (TPSA) is 98.2 Å². The Hall–Kier alpha value is -3.05. The van der Waals surface area contributed by atoms with Crippen molar-refractivity contribution < 1.29 is 23.3 Å². The van der Waals surface area contributed by atoms with Crippen molar-refractivity contribution in [1.29, 1.82) is 0 Å². The van der Waals surface area contributed by atoms with Crippen LogP contribution in [0, 0.1) is 18.8 Å². The summed E-state index contributed by atoms with van der Waals surface area (Å²) in [6.07, 6.45) is 8.90. The molecule has 0 saturated heterocycles. The smallest absolute Gasteiger partial charge is 0.285 e. The highest BCUT2D eigenvalue weighted by atomic mass is 35.5. The van der Waals surface area contributed by atoms with Gasteiger partial charge >= 0.3 is 0 Å². The number of allylic oxidation sites excluding steroid dienone is 1. The van der Waals surface area contributed by atoms with E-state index in [0.29, 0.717) is 50.3 Å². The number of halogens is 1. The Morgan fingerprint density at radius 3 is 2.82 bits per heavy atom. The lowest BCUT2D eigenvalue weighted by Crippen LogP contribution is -2.47. The Morgan fingerprint density at radius 2 is 2.04 bits per heavy atom. The summed E-state index contributed by atoms with van der Waals surface area (Å²) in [5, 5.41) is 0.740. The molecule has 268 valence electrons. The normalized spacial score (nSPS) is 27.9. The van der Waals surface area contributed by atoms with Gasteiger partial charge in [-0.1, -0.05) is 43.7 Å². The van der Waals surface area contributed by atoms with Crippen LogP contribution in [0.2, 0.25) is 5.02 Å². The van der Waals surface area contributed by atoms with Crippen LogP contribution in [0.3, 0.4) is 0 Å². The molecule has 0 unspecified atom stereocenters. The van der Waals surface area contributed by atoms with Gasteiger partial charge in [0.25, 0.3) is 5.91 Å². The molecule has 2 aromatic carbocycles. The molecule has 2 bridgehead atoms. The van der Waals surface area contributed by atoms with Crippen LogP contribution in [-0.4, -0.2) is 65.3 Å². The minimum atomic E-state index is -3.17. The number of Topliss-reactive ketones (excluding diaryl/α,β-unsaturated/α-hetero) is 1. The monoisotopic (exact) mass is 737 g/mol. The third-order valence-corrected chi connectivity index (χ3v) is 14.0. The van der Waals surface area contributed by atoms with Crippen molar-refractivity contribution in [1.82, 2.24) is 4.98 Å². The Morgan fingerprint density at radius 1 is 1.20 bits per heavy atom. The maximum atomic E-state index is 14.4. The number of ether oxygens (including phenoxy) is 2. The number of amides is 1. The van der Waals surface area contributed by atoms with Crippen LogP contribution in [0.4, 0.5) is 5.69 Å². The van der Waals surface area contributed by atoms with Crippen LogP contribution in [0.5, 0.6) is 5.75 Å². The van der Waals surface area contributed by atoms with E-state index in [1.54, 1.807) is 30.0 Å². The SMILES string of the molecule is CO[C@H]1/C=C/CCC[S@@](=O)(CC(=O)CCc2ncsc2C)=NC(=O)c2ccc3c(c2)N(C[C@H](C)[C@H]1C)C[C@@]1(CCCc2cc(Cl)ccc21)CO3. The average Bonchev–Trinajstić information content (AvgIpc) is 3.44. The van der Waals surface area contributed by atoms with E-state index in [1.165, 1.54) is 11.1 Å². The van der Waals surface area contributed by atoms with Crippen molar-refractivity contribution in [2.24, 2.45) is 16.2 Å².